The summed E-state index contributed by atoms with van der Waals surface area (Å²) < 4.78 is 0. The van der Waals surface area contributed by atoms with Crippen molar-refractivity contribution in [3.63, 3.8) is 0 Å². The topological polar surface area (TPSA) is 0 Å². The molecule has 0 amide bonds. The molecule has 0 fully saturated rings. The van der Waals surface area contributed by atoms with Crippen molar-refractivity contribution < 1.29 is 0 Å². The van der Waals surface area contributed by atoms with Crippen LogP contribution in [0.5, 0.6) is 0 Å². The van der Waals surface area contributed by atoms with Crippen LogP contribution in [0.4, 0.5) is 0 Å². The molecular formula is C47H34P2S2. The largest absolute Gasteiger partial charge is 0.143 e. The molecule has 0 radical (unpaired) electrons. The Morgan fingerprint density at radius 1 is 0.353 bits per heavy atom. The van der Waals surface area contributed by atoms with Gasteiger partial charge in [-0.3, -0.25) is 0 Å². The Kier molecular flexibility index (Phi) is 7.12. The zero-order valence-corrected chi connectivity index (χ0v) is 31.4. The number of fused-ring (bicyclic) bond motifs is 10. The van der Waals surface area contributed by atoms with Gasteiger partial charge in [0, 0.05) is 9.75 Å². The predicted octanol–water partition coefficient (Wildman–Crippen LogP) is 9.60. The van der Waals surface area contributed by atoms with E-state index in [1.54, 1.807) is 0 Å². The lowest BCUT2D eigenvalue weighted by molar-refractivity contribution is 0.799. The van der Waals surface area contributed by atoms with Crippen LogP contribution in [0.1, 0.15) is 22.3 Å². The lowest BCUT2D eigenvalue weighted by atomic mass is 9.71. The van der Waals surface area contributed by atoms with E-state index < -0.39 is 19.2 Å². The van der Waals surface area contributed by atoms with E-state index in [4.69, 9.17) is 12.6 Å². The Hall–Kier alpha value is -4.68. The highest BCUT2D eigenvalue weighted by molar-refractivity contribution is 7.93. The minimum Gasteiger partial charge on any atom is -0.143 e. The van der Waals surface area contributed by atoms with Crippen molar-refractivity contribution >= 4 is 80.9 Å². The third-order valence-corrected chi connectivity index (χ3v) is 20.1. The van der Waals surface area contributed by atoms with Crippen LogP contribution in [-0.4, -0.2) is 12.6 Å². The molecule has 0 bridgehead atoms. The quantitative estimate of drug-likeness (QED) is 0.150. The van der Waals surface area contributed by atoms with Crippen LogP contribution in [0.25, 0.3) is 20.9 Å². The second-order valence-electron chi connectivity index (χ2n) is 13.5. The van der Waals surface area contributed by atoms with Crippen molar-refractivity contribution in [3.05, 3.63) is 203 Å². The minimum absolute atomic E-state index is 0.419. The number of hydrogen-bond acceptors (Lipinski definition) is 2. The molecule has 2 aliphatic rings. The van der Waals surface area contributed by atoms with Crippen molar-refractivity contribution in [2.45, 2.75) is 5.41 Å². The molecule has 10 rings (SSSR count). The van der Waals surface area contributed by atoms with E-state index >= 15 is 0 Å². The Morgan fingerprint density at radius 3 is 1.02 bits per heavy atom. The summed E-state index contributed by atoms with van der Waals surface area (Å²) >= 11 is 3.75. The Bertz CT molecular complexity index is 2410. The first-order valence-corrected chi connectivity index (χ1v) is 22.9. The van der Waals surface area contributed by atoms with E-state index in [0.717, 1.165) is 0 Å². The minimum atomic E-state index is -2.22. The summed E-state index contributed by atoms with van der Waals surface area (Å²) in [5.74, 6) is 0. The molecule has 0 nitrogen and oxygen atoms in total. The maximum Gasteiger partial charge on any atom is 0.0742 e. The van der Waals surface area contributed by atoms with Gasteiger partial charge in [0.15, 0.2) is 0 Å². The molecule has 0 N–H and O–H groups in total. The van der Waals surface area contributed by atoms with Crippen LogP contribution < -0.4 is 31.8 Å². The van der Waals surface area contributed by atoms with Crippen LogP contribution in [0.2, 0.25) is 0 Å². The van der Waals surface area contributed by atoms with Crippen LogP contribution in [-0.2, 0) is 5.41 Å². The molecule has 0 aliphatic heterocycles. The van der Waals surface area contributed by atoms with Crippen molar-refractivity contribution in [2.75, 3.05) is 0 Å². The summed E-state index contributed by atoms with van der Waals surface area (Å²) in [7, 11) is 0. The lowest BCUT2D eigenvalue weighted by Crippen LogP contribution is -2.30. The van der Waals surface area contributed by atoms with Gasteiger partial charge in [-0.1, -0.05) is 158 Å². The van der Waals surface area contributed by atoms with Gasteiger partial charge in [0.05, 0.1) is 5.41 Å². The summed E-state index contributed by atoms with van der Waals surface area (Å²) in [6.45, 7) is -4.43. The van der Waals surface area contributed by atoms with E-state index in [9.17, 15) is 0 Å². The third-order valence-electron chi connectivity index (χ3n) is 11.1. The van der Waals surface area contributed by atoms with Gasteiger partial charge in [-0.05, 0) is 114 Å². The van der Waals surface area contributed by atoms with Gasteiger partial charge >= 0.3 is 0 Å². The van der Waals surface area contributed by atoms with Crippen LogP contribution in [0.3, 0.4) is 0 Å². The highest BCUT2D eigenvalue weighted by atomic mass is 32.1. The fraction of sp³-hybridized carbons (Fsp3) is 0.0213. The monoisotopic (exact) mass is 724 g/mol. The molecule has 4 heteroatoms. The van der Waals surface area contributed by atoms with E-state index in [-0.39, 0.29) is 0 Å². The maximum absolute atomic E-state index is 5.16. The van der Waals surface area contributed by atoms with E-state index in [2.05, 4.69) is 181 Å². The van der Waals surface area contributed by atoms with Crippen molar-refractivity contribution in [1.82, 2.24) is 0 Å². The highest BCUT2D eigenvalue weighted by Crippen LogP contribution is 2.65. The molecule has 1 spiro atoms. The zero-order chi connectivity index (χ0) is 34.2. The zero-order valence-electron chi connectivity index (χ0n) is 27.9. The molecule has 0 saturated carbocycles. The molecule has 6 aromatic carbocycles. The van der Waals surface area contributed by atoms with Gasteiger partial charge in [-0.25, -0.2) is 0 Å². The van der Waals surface area contributed by atoms with Gasteiger partial charge in [-0.15, -0.1) is 22.7 Å². The maximum atomic E-state index is 5.16. The fourth-order valence-electron chi connectivity index (χ4n) is 8.69. The summed E-state index contributed by atoms with van der Waals surface area (Å²) in [4.78, 5) is 2.80. The second kappa shape index (κ2) is 11.7. The Morgan fingerprint density at radius 2 is 0.686 bits per heavy atom. The normalized spacial score (nSPS) is 13.8. The van der Waals surface area contributed by atoms with Gasteiger partial charge in [0.2, 0.25) is 0 Å². The van der Waals surface area contributed by atoms with E-state index in [1.165, 1.54) is 75.0 Å². The molecule has 2 aromatic heterocycles. The van der Waals surface area contributed by atoms with Crippen LogP contribution >= 0.6 is 36.4 Å². The SMILES string of the molecule is C=P(c1ccccc1)(c1ccccc1)c1ccc2c(c1)C1(c3cc(P(=C)(c4ccccc4)c4ccccc4)ccc3-2)c2ccsc2-c2sccc21. The predicted molar refractivity (Wildman–Crippen MR) is 230 cm³/mol. The molecule has 2 heterocycles. The molecular weight excluding hydrogens is 691 g/mol. The summed E-state index contributed by atoms with van der Waals surface area (Å²) in [6, 6.07) is 63.3. The summed E-state index contributed by atoms with van der Waals surface area (Å²) in [6.07, 6.45) is 10.3. The lowest BCUT2D eigenvalue weighted by Gasteiger charge is -2.33. The standard InChI is InChI=1S/C47H34P2S2/c1-48(33-15-7-3-8-16-33,34-17-9-4-10-18-34)37-23-25-39-40-26-24-38(49(2,35-19-11-5-12-20-35)36-21-13-6-14-22-36)32-44(40)47(43(39)31-37)41-27-29-50-45(41)46-42(47)28-30-51-46/h3-32H,1-2H2. The fourth-order valence-corrected chi connectivity index (χ4v) is 16.7. The van der Waals surface area contributed by atoms with Gasteiger partial charge in [-0.2, -0.15) is 0 Å². The van der Waals surface area contributed by atoms with Crippen LogP contribution in [0.15, 0.2) is 181 Å². The molecule has 0 atom stereocenters. The van der Waals surface area contributed by atoms with Gasteiger partial charge in [0.25, 0.3) is 0 Å². The summed E-state index contributed by atoms with van der Waals surface area (Å²) in [5, 5.41) is 12.4. The Balaban J connectivity index is 1.28. The Labute approximate surface area is 308 Å². The smallest absolute Gasteiger partial charge is 0.0742 e. The van der Waals surface area contributed by atoms with E-state index in [1.807, 2.05) is 22.7 Å². The molecule has 2 aliphatic carbocycles. The molecule has 0 unspecified atom stereocenters. The molecule has 51 heavy (non-hydrogen) atoms. The number of benzene rings is 6. The van der Waals surface area contributed by atoms with Crippen LogP contribution in [0, 0.1) is 0 Å². The van der Waals surface area contributed by atoms with E-state index in [0.29, 0.717) is 0 Å². The van der Waals surface area contributed by atoms with Crippen molar-refractivity contribution in [3.8, 4) is 20.9 Å². The molecule has 8 aromatic rings. The average molecular weight is 725 g/mol. The summed E-state index contributed by atoms with van der Waals surface area (Å²) in [5.41, 5.74) is 7.77. The first kappa shape index (κ1) is 31.1. The average Bonchev–Trinajstić information content (AvgIpc) is 3.99. The number of rotatable bonds is 6. The van der Waals surface area contributed by atoms with Crippen molar-refractivity contribution in [2.24, 2.45) is 0 Å². The van der Waals surface area contributed by atoms with Gasteiger partial charge in [0.1, 0.15) is 0 Å². The number of thiophene rings is 2. The van der Waals surface area contributed by atoms with Crippen molar-refractivity contribution in [1.29, 1.82) is 0 Å². The van der Waals surface area contributed by atoms with Gasteiger partial charge < -0.3 is 0 Å². The number of hydrogen-bond donors (Lipinski definition) is 0. The first-order valence-electron chi connectivity index (χ1n) is 17.2. The first-order chi connectivity index (χ1) is 25.1. The highest BCUT2D eigenvalue weighted by Gasteiger charge is 2.53. The second-order valence-corrected chi connectivity index (χ2v) is 21.7. The molecule has 244 valence electrons. The third kappa shape index (κ3) is 4.26. The molecule has 0 saturated heterocycles.